The number of carbonyl (C=O) groups is 1. The molecule has 1 aromatic rings. The van der Waals surface area contributed by atoms with Crippen LogP contribution in [0, 0.1) is 11.7 Å². The van der Waals surface area contributed by atoms with E-state index in [0.29, 0.717) is 18.4 Å². The van der Waals surface area contributed by atoms with Crippen LogP contribution in [0.25, 0.3) is 0 Å². The van der Waals surface area contributed by atoms with Crippen molar-refractivity contribution in [1.29, 1.82) is 0 Å². The van der Waals surface area contributed by atoms with E-state index in [1.807, 2.05) is 17.9 Å². The predicted octanol–water partition coefficient (Wildman–Crippen LogP) is 2.73. The lowest BCUT2D eigenvalue weighted by Crippen LogP contribution is -2.49. The van der Waals surface area contributed by atoms with Gasteiger partial charge in [0.1, 0.15) is 5.82 Å². The fraction of sp³-hybridized carbons (Fsp3) is 0.588. The summed E-state index contributed by atoms with van der Waals surface area (Å²) < 4.78 is 13.6. The van der Waals surface area contributed by atoms with Crippen LogP contribution >= 0.6 is 0 Å². The van der Waals surface area contributed by atoms with E-state index in [9.17, 15) is 9.18 Å². The molecule has 1 heterocycles. The molecule has 1 amide bonds. The Kier molecular flexibility index (Phi) is 5.34. The van der Waals surface area contributed by atoms with Gasteiger partial charge in [-0.1, -0.05) is 25.1 Å². The molecule has 1 fully saturated rings. The molecule has 0 saturated carbocycles. The number of rotatable bonds is 4. The fourth-order valence-corrected chi connectivity index (χ4v) is 3.02. The van der Waals surface area contributed by atoms with Crippen LogP contribution < -0.4 is 5.73 Å². The molecule has 1 saturated heterocycles. The van der Waals surface area contributed by atoms with E-state index >= 15 is 0 Å². The smallest absolute Gasteiger partial charge is 0.225 e. The highest BCUT2D eigenvalue weighted by molar-refractivity contribution is 5.79. The third-order valence-electron chi connectivity index (χ3n) is 4.43. The molecule has 0 spiro atoms. The number of halogens is 1. The number of nitrogens with zero attached hydrogens (tertiary/aromatic N) is 1. The number of hydrogen-bond acceptors (Lipinski definition) is 2. The molecule has 3 atom stereocenters. The summed E-state index contributed by atoms with van der Waals surface area (Å²) in [5, 5.41) is 0. The zero-order valence-corrected chi connectivity index (χ0v) is 12.9. The summed E-state index contributed by atoms with van der Waals surface area (Å²) in [5.41, 5.74) is 6.62. The lowest BCUT2D eigenvalue weighted by molar-refractivity contribution is -0.138. The summed E-state index contributed by atoms with van der Waals surface area (Å²) >= 11 is 0. The van der Waals surface area contributed by atoms with Crippen molar-refractivity contribution >= 4 is 5.91 Å². The minimum absolute atomic E-state index is 0.0821. The van der Waals surface area contributed by atoms with Gasteiger partial charge in [0.2, 0.25) is 5.91 Å². The van der Waals surface area contributed by atoms with Gasteiger partial charge in [-0.2, -0.15) is 0 Å². The molecule has 0 aliphatic carbocycles. The highest BCUT2D eigenvalue weighted by Crippen LogP contribution is 2.21. The summed E-state index contributed by atoms with van der Waals surface area (Å²) in [6, 6.07) is 7.19. The summed E-state index contributed by atoms with van der Waals surface area (Å²) in [5.74, 6) is -0.0958. The number of nitrogens with two attached hydrogens (primary N) is 1. The molecule has 1 aromatic carbocycles. The van der Waals surface area contributed by atoms with Gasteiger partial charge >= 0.3 is 0 Å². The van der Waals surface area contributed by atoms with Crippen molar-refractivity contribution in [3.63, 3.8) is 0 Å². The minimum atomic E-state index is -0.186. The third-order valence-corrected chi connectivity index (χ3v) is 4.43. The van der Waals surface area contributed by atoms with Gasteiger partial charge in [0, 0.05) is 24.5 Å². The van der Waals surface area contributed by atoms with Gasteiger partial charge in [0.15, 0.2) is 0 Å². The molecule has 0 aromatic heterocycles. The van der Waals surface area contributed by atoms with E-state index < -0.39 is 0 Å². The Morgan fingerprint density at radius 3 is 2.86 bits per heavy atom. The molecule has 21 heavy (non-hydrogen) atoms. The Hall–Kier alpha value is -1.42. The van der Waals surface area contributed by atoms with E-state index in [1.165, 1.54) is 6.07 Å². The van der Waals surface area contributed by atoms with Gasteiger partial charge in [0.05, 0.1) is 0 Å². The Balaban J connectivity index is 1.89. The molecule has 4 heteroatoms. The van der Waals surface area contributed by atoms with Gasteiger partial charge in [0.25, 0.3) is 0 Å². The Bertz CT molecular complexity index is 491. The molecule has 1 aliphatic heterocycles. The molecule has 0 radical (unpaired) electrons. The third kappa shape index (κ3) is 4.03. The molecule has 0 unspecified atom stereocenters. The van der Waals surface area contributed by atoms with Crippen LogP contribution in [0.4, 0.5) is 4.39 Å². The van der Waals surface area contributed by atoms with E-state index in [-0.39, 0.29) is 29.7 Å². The highest BCUT2D eigenvalue weighted by atomic mass is 19.1. The monoisotopic (exact) mass is 292 g/mol. The molecular weight excluding hydrogens is 267 g/mol. The van der Waals surface area contributed by atoms with Crippen LogP contribution in [0.2, 0.25) is 0 Å². The van der Waals surface area contributed by atoms with Crippen molar-refractivity contribution in [2.75, 3.05) is 6.54 Å². The molecule has 3 nitrogen and oxygen atoms in total. The van der Waals surface area contributed by atoms with Crippen molar-refractivity contribution in [1.82, 2.24) is 4.90 Å². The first kappa shape index (κ1) is 16.0. The molecule has 116 valence electrons. The average Bonchev–Trinajstić information content (AvgIpc) is 2.45. The number of piperidine rings is 1. The second-order valence-corrected chi connectivity index (χ2v) is 6.20. The number of likely N-dealkylation sites (tertiary alicyclic amines) is 1. The van der Waals surface area contributed by atoms with Gasteiger partial charge in [-0.15, -0.1) is 0 Å². The Morgan fingerprint density at radius 1 is 1.48 bits per heavy atom. The molecule has 2 rings (SSSR count). The maximum Gasteiger partial charge on any atom is 0.225 e. The van der Waals surface area contributed by atoms with Gasteiger partial charge < -0.3 is 10.6 Å². The minimum Gasteiger partial charge on any atom is -0.340 e. The largest absolute Gasteiger partial charge is 0.340 e. The summed E-state index contributed by atoms with van der Waals surface area (Å²) in [4.78, 5) is 14.5. The number of hydrogen-bond donors (Lipinski definition) is 1. The molecule has 1 aliphatic rings. The van der Waals surface area contributed by atoms with Crippen molar-refractivity contribution in [2.24, 2.45) is 11.7 Å². The molecule has 0 bridgehead atoms. The average molecular weight is 292 g/mol. The van der Waals surface area contributed by atoms with Crippen molar-refractivity contribution in [2.45, 2.75) is 51.6 Å². The number of benzene rings is 1. The second kappa shape index (κ2) is 7.03. The van der Waals surface area contributed by atoms with Crippen LogP contribution in [0.15, 0.2) is 24.3 Å². The van der Waals surface area contributed by atoms with Crippen LogP contribution in [0.5, 0.6) is 0 Å². The zero-order chi connectivity index (χ0) is 15.4. The number of amides is 1. The first-order chi connectivity index (χ1) is 9.99. The van der Waals surface area contributed by atoms with Gasteiger partial charge in [-0.05, 0) is 44.2 Å². The van der Waals surface area contributed by atoms with E-state index in [1.54, 1.807) is 12.1 Å². The first-order valence-electron chi connectivity index (χ1n) is 7.78. The Morgan fingerprint density at radius 2 is 2.19 bits per heavy atom. The first-order valence-corrected chi connectivity index (χ1v) is 7.78. The maximum atomic E-state index is 13.6. The predicted molar refractivity (Wildman–Crippen MR) is 82.3 cm³/mol. The molecular formula is C17H25FN2O. The van der Waals surface area contributed by atoms with E-state index in [2.05, 4.69) is 6.92 Å². The van der Waals surface area contributed by atoms with Crippen molar-refractivity contribution < 1.29 is 9.18 Å². The normalized spacial score (nSPS) is 23.9. The lowest BCUT2D eigenvalue weighted by Gasteiger charge is -2.38. The van der Waals surface area contributed by atoms with Crippen LogP contribution in [-0.4, -0.2) is 29.4 Å². The van der Waals surface area contributed by atoms with E-state index in [0.717, 1.165) is 19.4 Å². The van der Waals surface area contributed by atoms with Crippen molar-refractivity contribution in [3.05, 3.63) is 35.6 Å². The maximum absolute atomic E-state index is 13.6. The van der Waals surface area contributed by atoms with Gasteiger partial charge in [-0.25, -0.2) is 4.39 Å². The molecule has 2 N–H and O–H groups in total. The summed E-state index contributed by atoms with van der Waals surface area (Å²) in [7, 11) is 0. The highest BCUT2D eigenvalue weighted by Gasteiger charge is 2.29. The number of aryl methyl sites for hydroxylation is 1. The lowest BCUT2D eigenvalue weighted by atomic mass is 9.94. The Labute approximate surface area is 126 Å². The van der Waals surface area contributed by atoms with Gasteiger partial charge in [-0.3, -0.25) is 4.79 Å². The van der Waals surface area contributed by atoms with Crippen LogP contribution in [0.1, 0.15) is 38.7 Å². The second-order valence-electron chi connectivity index (χ2n) is 6.20. The number of carbonyl (C=O) groups excluding carboxylic acids is 1. The fourth-order valence-electron chi connectivity index (χ4n) is 3.02. The zero-order valence-electron chi connectivity index (χ0n) is 12.9. The standard InChI is InChI=1S/C17H25FN2O/c1-12(7-8-14-5-3-4-6-16(14)18)17(21)20-10-9-15(19)11-13(20)2/h3-6,12-13,15H,7-11,19H2,1-2H3/t12-,13-,15+/m1/s1. The van der Waals surface area contributed by atoms with E-state index in [4.69, 9.17) is 5.73 Å². The summed E-state index contributed by atoms with van der Waals surface area (Å²) in [6.07, 6.45) is 3.01. The quantitative estimate of drug-likeness (QED) is 0.927. The van der Waals surface area contributed by atoms with Crippen LogP contribution in [0.3, 0.4) is 0 Å². The van der Waals surface area contributed by atoms with Crippen molar-refractivity contribution in [3.8, 4) is 0 Å². The van der Waals surface area contributed by atoms with Crippen LogP contribution in [-0.2, 0) is 11.2 Å². The topological polar surface area (TPSA) is 46.3 Å². The summed E-state index contributed by atoms with van der Waals surface area (Å²) in [6.45, 7) is 4.73. The SMILES string of the molecule is C[C@H](CCc1ccccc1F)C(=O)N1CC[C@H](N)C[C@H]1C.